The summed E-state index contributed by atoms with van der Waals surface area (Å²) in [7, 11) is 0. The van der Waals surface area contributed by atoms with E-state index in [-0.39, 0.29) is 12.5 Å². The molecule has 6 N–H and O–H groups in total. The van der Waals surface area contributed by atoms with Gasteiger partial charge in [-0.25, -0.2) is 0 Å². The molecule has 1 heterocycles. The van der Waals surface area contributed by atoms with Crippen LogP contribution in [0.4, 0.5) is 0 Å². The van der Waals surface area contributed by atoms with Gasteiger partial charge in [0.25, 0.3) is 0 Å². The van der Waals surface area contributed by atoms with Gasteiger partial charge in [0.2, 0.25) is 5.91 Å². The van der Waals surface area contributed by atoms with E-state index in [1.807, 2.05) is 6.08 Å². The van der Waals surface area contributed by atoms with Gasteiger partial charge in [0, 0.05) is 6.42 Å². The van der Waals surface area contributed by atoms with Crippen LogP contribution in [0.25, 0.3) is 0 Å². The van der Waals surface area contributed by atoms with Gasteiger partial charge < -0.3 is 40.3 Å². The van der Waals surface area contributed by atoms with Gasteiger partial charge in [-0.1, -0.05) is 366 Å². The Morgan fingerprint density at radius 3 is 0.975 bits per heavy atom. The molecular weight excluding hydrogens is 995 g/mol. The van der Waals surface area contributed by atoms with E-state index in [9.17, 15) is 30.3 Å². The van der Waals surface area contributed by atoms with Crippen LogP contribution in [-0.4, -0.2) is 87.5 Å². The minimum Gasteiger partial charge on any atom is -0.394 e. The Bertz CT molecular complexity index is 1270. The lowest BCUT2D eigenvalue weighted by atomic mass is 9.99. The summed E-state index contributed by atoms with van der Waals surface area (Å²) in [4.78, 5) is 13.1. The predicted molar refractivity (Wildman–Crippen MR) is 341 cm³/mol. The summed E-state index contributed by atoms with van der Waals surface area (Å²) in [5.41, 5.74) is 0. The Hall–Kier alpha value is -1.07. The van der Waals surface area contributed by atoms with Crippen molar-refractivity contribution in [3.05, 3.63) is 12.2 Å². The summed E-state index contributed by atoms with van der Waals surface area (Å²) < 4.78 is 11.3. The first-order chi connectivity index (χ1) is 39.3. The molecule has 9 heteroatoms. The lowest BCUT2D eigenvalue weighted by Gasteiger charge is -2.40. The standard InChI is InChI=1S/C71H139NO8/c1-3-5-7-9-11-13-15-17-19-21-23-25-26-27-28-29-30-31-32-33-34-35-36-37-38-39-41-43-45-47-49-51-53-55-57-59-61-67(75)72-64(63-79-71-70(78)69(77)68(76)66(62-73)80-71)65(74)60-58-56-54-52-50-48-46-44-42-40-24-22-20-18-16-14-12-10-8-6-4-2/h58,60,64-66,68-71,73-74,76-78H,3-57,59,61-63H2,1-2H3,(H,72,75)/b60-58+. The van der Waals surface area contributed by atoms with Crippen LogP contribution in [0.2, 0.25) is 0 Å². The SMILES string of the molecule is CCCCCCCCCCCCCCCCCCCCC/C=C/C(O)C(COC1OC(CO)C(O)C(O)C1O)NC(=O)CCCCCCCCCCCCCCCCCCCCCCCCCCCCCCCCCCCCCC. The number of amides is 1. The largest absolute Gasteiger partial charge is 0.394 e. The Kier molecular flexibility index (Phi) is 58.7. The highest BCUT2D eigenvalue weighted by atomic mass is 16.7. The maximum Gasteiger partial charge on any atom is 0.220 e. The summed E-state index contributed by atoms with van der Waals surface area (Å²) >= 11 is 0. The van der Waals surface area contributed by atoms with Crippen molar-refractivity contribution in [3.8, 4) is 0 Å². The lowest BCUT2D eigenvalue weighted by molar-refractivity contribution is -0.302. The molecule has 0 aromatic rings. The molecule has 7 unspecified atom stereocenters. The number of unbranched alkanes of at least 4 members (excludes halogenated alkanes) is 54. The van der Waals surface area contributed by atoms with Gasteiger partial charge in [-0.15, -0.1) is 0 Å². The molecule has 1 aliphatic heterocycles. The molecule has 1 amide bonds. The van der Waals surface area contributed by atoms with Gasteiger partial charge in [0.05, 0.1) is 25.4 Å². The second-order valence-corrected chi connectivity index (χ2v) is 25.4. The fraction of sp³-hybridized carbons (Fsp3) is 0.958. The first-order valence-electron chi connectivity index (χ1n) is 35.9. The summed E-state index contributed by atoms with van der Waals surface area (Å²) in [6.07, 6.45) is 71.9. The number of aliphatic hydroxyl groups excluding tert-OH is 5. The molecular formula is C71H139NO8. The van der Waals surface area contributed by atoms with Crippen LogP contribution >= 0.6 is 0 Å². The fourth-order valence-corrected chi connectivity index (χ4v) is 12.0. The zero-order chi connectivity index (χ0) is 57.9. The second-order valence-electron chi connectivity index (χ2n) is 25.4. The number of aliphatic hydroxyl groups is 5. The molecule has 1 fully saturated rings. The molecule has 476 valence electrons. The summed E-state index contributed by atoms with van der Waals surface area (Å²) in [5, 5.41) is 54.7. The Balaban J connectivity index is 2.06. The van der Waals surface area contributed by atoms with E-state index in [0.29, 0.717) is 6.42 Å². The van der Waals surface area contributed by atoms with E-state index in [1.165, 1.54) is 321 Å². The molecule has 0 spiro atoms. The predicted octanol–water partition coefficient (Wildman–Crippen LogP) is 19.5. The zero-order valence-corrected chi connectivity index (χ0v) is 53.4. The van der Waals surface area contributed by atoms with Crippen LogP contribution in [-0.2, 0) is 14.3 Å². The Morgan fingerprint density at radius 1 is 0.412 bits per heavy atom. The third kappa shape index (κ3) is 49.2. The molecule has 0 radical (unpaired) electrons. The summed E-state index contributed by atoms with van der Waals surface area (Å²) in [6.45, 7) is 3.84. The third-order valence-electron chi connectivity index (χ3n) is 17.6. The molecule has 0 bridgehead atoms. The minimum atomic E-state index is -1.56. The molecule has 0 saturated carbocycles. The van der Waals surface area contributed by atoms with Gasteiger partial charge in [-0.2, -0.15) is 0 Å². The maximum absolute atomic E-state index is 13.1. The highest BCUT2D eigenvalue weighted by Crippen LogP contribution is 2.24. The zero-order valence-electron chi connectivity index (χ0n) is 53.4. The van der Waals surface area contributed by atoms with E-state index in [2.05, 4.69) is 19.2 Å². The molecule has 1 aliphatic rings. The molecule has 80 heavy (non-hydrogen) atoms. The monoisotopic (exact) mass is 1130 g/mol. The number of rotatable bonds is 64. The number of carbonyl (C=O) groups is 1. The van der Waals surface area contributed by atoms with Crippen molar-refractivity contribution in [2.45, 2.75) is 423 Å². The van der Waals surface area contributed by atoms with E-state index in [4.69, 9.17) is 9.47 Å². The van der Waals surface area contributed by atoms with Crippen molar-refractivity contribution in [2.24, 2.45) is 0 Å². The first kappa shape index (κ1) is 76.9. The number of hydrogen-bond acceptors (Lipinski definition) is 8. The molecule has 0 aromatic heterocycles. The van der Waals surface area contributed by atoms with E-state index < -0.39 is 49.5 Å². The van der Waals surface area contributed by atoms with Gasteiger partial charge in [-0.3, -0.25) is 4.79 Å². The molecule has 7 atom stereocenters. The Morgan fingerprint density at radius 2 is 0.688 bits per heavy atom. The van der Waals surface area contributed by atoms with Crippen molar-refractivity contribution in [1.82, 2.24) is 5.32 Å². The smallest absolute Gasteiger partial charge is 0.220 e. The van der Waals surface area contributed by atoms with Gasteiger partial charge in [-0.05, 0) is 19.3 Å². The van der Waals surface area contributed by atoms with Crippen molar-refractivity contribution in [1.29, 1.82) is 0 Å². The van der Waals surface area contributed by atoms with E-state index in [0.717, 1.165) is 38.5 Å². The van der Waals surface area contributed by atoms with Crippen LogP contribution in [0.1, 0.15) is 380 Å². The van der Waals surface area contributed by atoms with Crippen LogP contribution in [0, 0.1) is 0 Å². The van der Waals surface area contributed by atoms with Crippen molar-refractivity contribution in [3.63, 3.8) is 0 Å². The average Bonchev–Trinajstić information content (AvgIpc) is 3.46. The first-order valence-corrected chi connectivity index (χ1v) is 35.9. The molecule has 9 nitrogen and oxygen atoms in total. The summed E-state index contributed by atoms with van der Waals surface area (Å²) in [5.74, 6) is -0.167. The molecule has 1 saturated heterocycles. The lowest BCUT2D eigenvalue weighted by Crippen LogP contribution is -2.60. The van der Waals surface area contributed by atoms with Gasteiger partial charge in [0.15, 0.2) is 6.29 Å². The summed E-state index contributed by atoms with van der Waals surface area (Å²) in [6, 6.07) is -0.802. The Labute approximate surface area is 496 Å². The number of carbonyl (C=O) groups excluding carboxylic acids is 1. The molecule has 1 rings (SSSR count). The van der Waals surface area contributed by atoms with Crippen LogP contribution in [0.5, 0.6) is 0 Å². The number of hydrogen-bond donors (Lipinski definition) is 6. The van der Waals surface area contributed by atoms with Crippen molar-refractivity contribution in [2.75, 3.05) is 13.2 Å². The average molecular weight is 1130 g/mol. The van der Waals surface area contributed by atoms with E-state index in [1.54, 1.807) is 6.08 Å². The van der Waals surface area contributed by atoms with Crippen LogP contribution in [0.3, 0.4) is 0 Å². The van der Waals surface area contributed by atoms with Crippen molar-refractivity contribution < 1.29 is 39.8 Å². The molecule has 0 aliphatic carbocycles. The maximum atomic E-state index is 13.1. The number of allylic oxidation sites excluding steroid dienone is 1. The van der Waals surface area contributed by atoms with Gasteiger partial charge >= 0.3 is 0 Å². The highest BCUT2D eigenvalue weighted by molar-refractivity contribution is 5.76. The molecule has 0 aromatic carbocycles. The third-order valence-corrected chi connectivity index (χ3v) is 17.6. The number of nitrogens with one attached hydrogen (secondary N) is 1. The fourth-order valence-electron chi connectivity index (χ4n) is 12.0. The van der Waals surface area contributed by atoms with Crippen LogP contribution in [0.15, 0.2) is 12.2 Å². The number of ether oxygens (including phenoxy) is 2. The van der Waals surface area contributed by atoms with Crippen molar-refractivity contribution >= 4 is 5.91 Å². The minimum absolute atomic E-state index is 0.167. The van der Waals surface area contributed by atoms with E-state index >= 15 is 0 Å². The second kappa shape index (κ2) is 61.0. The normalized spacial score (nSPS) is 18.4. The topological polar surface area (TPSA) is 149 Å². The quantitative estimate of drug-likeness (QED) is 0.0261. The highest BCUT2D eigenvalue weighted by Gasteiger charge is 2.44. The van der Waals surface area contributed by atoms with Gasteiger partial charge in [0.1, 0.15) is 24.4 Å². The van der Waals surface area contributed by atoms with Crippen LogP contribution < -0.4 is 5.32 Å².